The molecule has 0 aromatic carbocycles. The number of aromatic nitrogens is 1. The number of nitrogens with zero attached hydrogens (tertiary/aromatic N) is 4. The van der Waals surface area contributed by atoms with Crippen molar-refractivity contribution in [1.82, 2.24) is 9.29 Å². The molecule has 0 amide bonds. The van der Waals surface area contributed by atoms with Crippen LogP contribution in [-0.4, -0.2) is 43.9 Å². The fourth-order valence-corrected chi connectivity index (χ4v) is 6.03. The molecule has 0 aliphatic carbocycles. The highest BCUT2D eigenvalue weighted by Gasteiger charge is 2.30. The number of hydrogen-bond acceptors (Lipinski definition) is 6. The van der Waals surface area contributed by atoms with Crippen molar-refractivity contribution in [3.8, 4) is 6.07 Å². The summed E-state index contributed by atoms with van der Waals surface area (Å²) < 4.78 is 27.8. The summed E-state index contributed by atoms with van der Waals surface area (Å²) in [5, 5.41) is 9.16. The number of pyridine rings is 1. The number of piperazine rings is 1. The van der Waals surface area contributed by atoms with Gasteiger partial charge in [-0.2, -0.15) is 9.57 Å². The maximum Gasteiger partial charge on any atom is 0.252 e. The second-order valence-electron chi connectivity index (χ2n) is 4.94. The van der Waals surface area contributed by atoms with E-state index in [-0.39, 0.29) is 0 Å². The topological polar surface area (TPSA) is 77.3 Å². The Kier molecular flexibility index (Phi) is 4.68. The van der Waals surface area contributed by atoms with E-state index in [2.05, 4.69) is 27.0 Å². The van der Waals surface area contributed by atoms with Crippen molar-refractivity contribution in [3.05, 3.63) is 39.8 Å². The second-order valence-corrected chi connectivity index (χ2v) is 9.56. The van der Waals surface area contributed by atoms with Gasteiger partial charge in [-0.1, -0.05) is 0 Å². The van der Waals surface area contributed by atoms with E-state index in [0.29, 0.717) is 41.8 Å². The molecule has 1 saturated heterocycles. The highest BCUT2D eigenvalue weighted by molar-refractivity contribution is 9.11. The first-order valence-corrected chi connectivity index (χ1v) is 9.93. The van der Waals surface area contributed by atoms with Crippen molar-refractivity contribution in [1.29, 1.82) is 5.26 Å². The number of sulfonamides is 1. The van der Waals surface area contributed by atoms with E-state index >= 15 is 0 Å². The van der Waals surface area contributed by atoms with Gasteiger partial charge in [0, 0.05) is 32.4 Å². The highest BCUT2D eigenvalue weighted by Crippen LogP contribution is 2.29. The van der Waals surface area contributed by atoms with Crippen molar-refractivity contribution in [2.45, 2.75) is 4.21 Å². The summed E-state index contributed by atoms with van der Waals surface area (Å²) in [6.45, 7) is 1.77. The van der Waals surface area contributed by atoms with E-state index in [0.717, 1.165) is 3.79 Å². The van der Waals surface area contributed by atoms with Crippen LogP contribution in [0.2, 0.25) is 0 Å². The molecule has 0 atom stereocenters. The Hall–Kier alpha value is -1.47. The zero-order valence-corrected chi connectivity index (χ0v) is 15.2. The smallest absolute Gasteiger partial charge is 0.252 e. The molecular weight excluding hydrogens is 400 g/mol. The van der Waals surface area contributed by atoms with Gasteiger partial charge in [-0.25, -0.2) is 13.4 Å². The predicted octanol–water partition coefficient (Wildman–Crippen LogP) is 2.29. The largest absolute Gasteiger partial charge is 0.353 e. The molecular formula is C14H13BrN4O2S2. The van der Waals surface area contributed by atoms with Crippen LogP contribution in [0.4, 0.5) is 5.82 Å². The van der Waals surface area contributed by atoms with Crippen LogP contribution < -0.4 is 4.90 Å². The van der Waals surface area contributed by atoms with E-state index in [1.54, 1.807) is 30.5 Å². The lowest BCUT2D eigenvalue weighted by Gasteiger charge is -2.34. The first-order valence-electron chi connectivity index (χ1n) is 6.88. The van der Waals surface area contributed by atoms with E-state index < -0.39 is 10.0 Å². The van der Waals surface area contributed by atoms with E-state index in [9.17, 15) is 8.42 Å². The van der Waals surface area contributed by atoms with E-state index in [1.165, 1.54) is 15.6 Å². The lowest BCUT2D eigenvalue weighted by atomic mass is 10.2. The molecule has 0 unspecified atom stereocenters. The Balaban J connectivity index is 1.75. The molecule has 0 saturated carbocycles. The summed E-state index contributed by atoms with van der Waals surface area (Å²) in [4.78, 5) is 6.21. The van der Waals surface area contributed by atoms with Gasteiger partial charge >= 0.3 is 0 Å². The third-order valence-electron chi connectivity index (χ3n) is 3.59. The van der Waals surface area contributed by atoms with E-state index in [4.69, 9.17) is 5.26 Å². The number of halogens is 1. The van der Waals surface area contributed by atoms with Gasteiger partial charge in [0.25, 0.3) is 10.0 Å². The van der Waals surface area contributed by atoms with Gasteiger partial charge in [0.2, 0.25) is 0 Å². The lowest BCUT2D eigenvalue weighted by molar-refractivity contribution is 0.384. The third kappa shape index (κ3) is 3.26. The summed E-state index contributed by atoms with van der Waals surface area (Å²) >= 11 is 4.50. The molecule has 1 aliphatic rings. The van der Waals surface area contributed by atoms with Crippen molar-refractivity contribution in [2.75, 3.05) is 31.1 Å². The number of nitriles is 1. The Morgan fingerprint density at radius 1 is 1.22 bits per heavy atom. The summed E-state index contributed by atoms with van der Waals surface area (Å²) in [6.07, 6.45) is 1.64. The van der Waals surface area contributed by atoms with Crippen LogP contribution in [0, 0.1) is 11.3 Å². The Morgan fingerprint density at radius 3 is 2.57 bits per heavy atom. The van der Waals surface area contributed by atoms with Crippen LogP contribution in [0.3, 0.4) is 0 Å². The zero-order valence-electron chi connectivity index (χ0n) is 12.0. The molecule has 9 heteroatoms. The molecule has 6 nitrogen and oxygen atoms in total. The molecule has 2 aromatic rings. The second kappa shape index (κ2) is 6.57. The van der Waals surface area contributed by atoms with Crippen molar-refractivity contribution in [2.24, 2.45) is 0 Å². The fourth-order valence-electron chi connectivity index (χ4n) is 2.44. The monoisotopic (exact) mass is 412 g/mol. The maximum atomic E-state index is 12.6. The minimum absolute atomic E-state index is 0.341. The van der Waals surface area contributed by atoms with Gasteiger partial charge in [-0.15, -0.1) is 11.3 Å². The van der Waals surface area contributed by atoms with Crippen LogP contribution in [0.1, 0.15) is 5.56 Å². The van der Waals surface area contributed by atoms with Crippen LogP contribution in [-0.2, 0) is 10.0 Å². The molecule has 1 fully saturated rings. The minimum Gasteiger partial charge on any atom is -0.353 e. The van der Waals surface area contributed by atoms with Gasteiger partial charge in [-0.05, 0) is 40.2 Å². The predicted molar refractivity (Wildman–Crippen MR) is 91.9 cm³/mol. The van der Waals surface area contributed by atoms with Crippen molar-refractivity contribution < 1.29 is 8.42 Å². The molecule has 23 heavy (non-hydrogen) atoms. The quantitative estimate of drug-likeness (QED) is 0.772. The van der Waals surface area contributed by atoms with Crippen LogP contribution in [0.25, 0.3) is 0 Å². The average molecular weight is 413 g/mol. The molecule has 2 aromatic heterocycles. The van der Waals surface area contributed by atoms with Gasteiger partial charge in [-0.3, -0.25) is 0 Å². The van der Waals surface area contributed by atoms with Gasteiger partial charge in [0.15, 0.2) is 0 Å². The standard InChI is InChI=1S/C14H13BrN4O2S2/c15-12-3-4-13(22-12)23(20,21)19-8-6-18(7-9-19)14-11(10-16)2-1-5-17-14/h1-5H,6-9H2. The first-order chi connectivity index (χ1) is 11.0. The Bertz CT molecular complexity index is 852. The normalized spacial score (nSPS) is 16.3. The first kappa shape index (κ1) is 16.4. The molecule has 0 spiro atoms. The van der Waals surface area contributed by atoms with Crippen LogP contribution >= 0.6 is 27.3 Å². The van der Waals surface area contributed by atoms with Crippen LogP contribution in [0.15, 0.2) is 38.5 Å². The minimum atomic E-state index is -3.45. The molecule has 0 radical (unpaired) electrons. The van der Waals surface area contributed by atoms with Gasteiger partial charge < -0.3 is 4.90 Å². The Labute approximate surface area is 147 Å². The Morgan fingerprint density at radius 2 is 1.96 bits per heavy atom. The SMILES string of the molecule is N#Cc1cccnc1N1CCN(S(=O)(=O)c2ccc(Br)s2)CC1. The molecule has 3 rings (SSSR count). The fraction of sp³-hybridized carbons (Fsp3) is 0.286. The average Bonchev–Trinajstić information content (AvgIpc) is 3.02. The van der Waals surface area contributed by atoms with Gasteiger partial charge in [0.1, 0.15) is 16.1 Å². The molecule has 3 heterocycles. The maximum absolute atomic E-state index is 12.6. The summed E-state index contributed by atoms with van der Waals surface area (Å²) in [5.74, 6) is 0.617. The lowest BCUT2D eigenvalue weighted by Crippen LogP contribution is -2.49. The van der Waals surface area contributed by atoms with Crippen molar-refractivity contribution >= 4 is 43.1 Å². The summed E-state index contributed by atoms with van der Waals surface area (Å²) in [6, 6.07) is 8.91. The number of rotatable bonds is 3. The van der Waals surface area contributed by atoms with Crippen LogP contribution in [0.5, 0.6) is 0 Å². The summed E-state index contributed by atoms with van der Waals surface area (Å²) in [7, 11) is -3.45. The number of thiophene rings is 1. The van der Waals surface area contributed by atoms with Gasteiger partial charge in [0.05, 0.1) is 9.35 Å². The number of anilines is 1. The molecule has 120 valence electrons. The third-order valence-corrected chi connectivity index (χ3v) is 7.58. The van der Waals surface area contributed by atoms with Crippen molar-refractivity contribution in [3.63, 3.8) is 0 Å². The van der Waals surface area contributed by atoms with E-state index in [1.807, 2.05) is 4.90 Å². The zero-order chi connectivity index (χ0) is 16.4. The highest BCUT2D eigenvalue weighted by atomic mass is 79.9. The molecule has 0 bridgehead atoms. The molecule has 1 aliphatic heterocycles. The number of hydrogen-bond donors (Lipinski definition) is 0. The summed E-state index contributed by atoms with van der Waals surface area (Å²) in [5.41, 5.74) is 0.506. The molecule has 0 N–H and O–H groups in total.